The number of nitrogens with one attached hydrogen (secondary N) is 2. The van der Waals surface area contributed by atoms with Crippen molar-refractivity contribution in [2.75, 3.05) is 45.7 Å². The molecule has 1 aromatic heterocycles. The Balaban J connectivity index is 2.08. The number of hydrogen-bond donors (Lipinski definition) is 3. The predicted molar refractivity (Wildman–Crippen MR) is 115 cm³/mol. The molecule has 0 fully saturated rings. The fraction of sp³-hybridized carbons (Fsp3) is 0.409. The lowest BCUT2D eigenvalue weighted by Gasteiger charge is -2.14. The van der Waals surface area contributed by atoms with Crippen LogP contribution in [0.25, 0.3) is 21.8 Å². The highest BCUT2D eigenvalue weighted by molar-refractivity contribution is 5.90. The van der Waals surface area contributed by atoms with Gasteiger partial charge in [0.2, 0.25) is 11.0 Å². The number of benzene rings is 2. The molecule has 0 bridgehead atoms. The Morgan fingerprint density at radius 1 is 0.963 bits per heavy atom. The zero-order chi connectivity index (χ0) is 19.2. The Morgan fingerprint density at radius 3 is 2.41 bits per heavy atom. The Labute approximate surface area is 162 Å². The molecule has 0 radical (unpaired) electrons. The molecule has 0 atom stereocenters. The van der Waals surface area contributed by atoms with Gasteiger partial charge in [-0.05, 0) is 36.9 Å². The first kappa shape index (κ1) is 19.5. The summed E-state index contributed by atoms with van der Waals surface area (Å²) in [7, 11) is 6.17. The number of pyridine rings is 1. The van der Waals surface area contributed by atoms with E-state index >= 15 is 0 Å². The van der Waals surface area contributed by atoms with Crippen molar-refractivity contribution in [1.29, 1.82) is 0 Å². The van der Waals surface area contributed by atoms with E-state index in [0.717, 1.165) is 32.6 Å². The van der Waals surface area contributed by atoms with Crippen LogP contribution in [0.15, 0.2) is 42.5 Å². The van der Waals surface area contributed by atoms with E-state index in [1.54, 1.807) is 0 Å². The molecule has 0 aliphatic rings. The minimum atomic E-state index is 0.684. The van der Waals surface area contributed by atoms with Crippen LogP contribution in [0.4, 0.5) is 5.69 Å². The van der Waals surface area contributed by atoms with Gasteiger partial charge in [0.25, 0.3) is 0 Å². The molecule has 5 nitrogen and oxygen atoms in total. The monoisotopic (exact) mass is 366 g/mol. The largest absolute Gasteiger partial charge is 0.377 e. The minimum Gasteiger partial charge on any atom is -0.377 e. The van der Waals surface area contributed by atoms with Gasteiger partial charge >= 0.3 is 0 Å². The quantitative estimate of drug-likeness (QED) is 0.308. The van der Waals surface area contributed by atoms with Crippen LogP contribution < -0.4 is 25.8 Å². The number of aromatic nitrogens is 1. The second-order valence-corrected chi connectivity index (χ2v) is 7.25. The Hall–Kier alpha value is -2.21. The highest BCUT2D eigenvalue weighted by Crippen LogP contribution is 2.23. The number of nitrogens with two attached hydrogens (primary N) is 1. The molecule has 1 heterocycles. The Morgan fingerprint density at radius 2 is 1.70 bits per heavy atom. The highest BCUT2D eigenvalue weighted by Gasteiger charge is 2.16. The summed E-state index contributed by atoms with van der Waals surface area (Å²) in [6.45, 7) is 4.39. The average molecular weight is 367 g/mol. The third-order valence-corrected chi connectivity index (χ3v) is 4.96. The summed E-state index contributed by atoms with van der Waals surface area (Å²) in [5.41, 5.74) is 10.7. The fourth-order valence-corrected chi connectivity index (χ4v) is 3.55. The summed E-state index contributed by atoms with van der Waals surface area (Å²) < 4.78 is 2.47. The van der Waals surface area contributed by atoms with E-state index in [1.807, 2.05) is 7.05 Å². The number of anilines is 1. The lowest BCUT2D eigenvalue weighted by atomic mass is 10.1. The van der Waals surface area contributed by atoms with Gasteiger partial charge in [0, 0.05) is 75.3 Å². The normalized spacial score (nSPS) is 11.4. The molecule has 0 saturated carbocycles. The van der Waals surface area contributed by atoms with E-state index in [-0.39, 0.29) is 0 Å². The van der Waals surface area contributed by atoms with Gasteiger partial charge in [0.1, 0.15) is 0 Å². The molecule has 3 aromatic rings. The standard InChI is InChI=1S/C22H32N5/c1-24-16-17-5-6-18-14-19-7-8-20(26(2)3)15-22(19)27(21(18)13-17)12-4-10-25-11-9-23/h5-8,13-15,24-25H,4,9-12,16,23H2,1-3H3/q+1. The van der Waals surface area contributed by atoms with Crippen LogP contribution in [-0.2, 0) is 13.1 Å². The molecule has 0 spiro atoms. The number of hydrogen-bond acceptors (Lipinski definition) is 4. The van der Waals surface area contributed by atoms with Crippen molar-refractivity contribution >= 4 is 27.5 Å². The van der Waals surface area contributed by atoms with Crippen LogP contribution >= 0.6 is 0 Å². The summed E-state index contributed by atoms with van der Waals surface area (Å²) in [4.78, 5) is 2.16. The zero-order valence-electron chi connectivity index (χ0n) is 16.8. The van der Waals surface area contributed by atoms with Crippen LogP contribution in [0.2, 0.25) is 0 Å². The van der Waals surface area contributed by atoms with Crippen molar-refractivity contribution in [2.24, 2.45) is 5.73 Å². The molecule has 2 aromatic carbocycles. The van der Waals surface area contributed by atoms with Gasteiger partial charge < -0.3 is 21.3 Å². The first-order valence-electron chi connectivity index (χ1n) is 9.76. The van der Waals surface area contributed by atoms with Gasteiger partial charge in [-0.25, -0.2) is 0 Å². The van der Waals surface area contributed by atoms with Crippen LogP contribution in [0.5, 0.6) is 0 Å². The second-order valence-electron chi connectivity index (χ2n) is 7.25. The van der Waals surface area contributed by atoms with Crippen molar-refractivity contribution in [3.05, 3.63) is 48.0 Å². The molecule has 0 unspecified atom stereocenters. The second kappa shape index (κ2) is 9.13. The smallest absolute Gasteiger partial charge is 0.215 e. The summed E-state index contributed by atoms with van der Waals surface area (Å²) in [5, 5.41) is 9.23. The molecule has 4 N–H and O–H groups in total. The van der Waals surface area contributed by atoms with E-state index in [9.17, 15) is 0 Å². The minimum absolute atomic E-state index is 0.684. The molecule has 27 heavy (non-hydrogen) atoms. The van der Waals surface area contributed by atoms with Crippen molar-refractivity contribution in [3.8, 4) is 0 Å². The van der Waals surface area contributed by atoms with E-state index < -0.39 is 0 Å². The van der Waals surface area contributed by atoms with Gasteiger partial charge in [-0.1, -0.05) is 6.07 Å². The predicted octanol–water partition coefficient (Wildman–Crippen LogP) is 2.00. The number of aryl methyl sites for hydroxylation is 1. The maximum Gasteiger partial charge on any atom is 0.215 e. The molecule has 144 valence electrons. The van der Waals surface area contributed by atoms with Gasteiger partial charge in [-0.2, -0.15) is 4.57 Å². The van der Waals surface area contributed by atoms with Gasteiger partial charge in [-0.3, -0.25) is 0 Å². The van der Waals surface area contributed by atoms with Crippen molar-refractivity contribution < 1.29 is 4.57 Å². The summed E-state index contributed by atoms with van der Waals surface area (Å²) >= 11 is 0. The molecule has 3 rings (SSSR count). The van der Waals surface area contributed by atoms with Crippen LogP contribution in [0.3, 0.4) is 0 Å². The van der Waals surface area contributed by atoms with E-state index in [1.165, 1.54) is 33.1 Å². The third kappa shape index (κ3) is 4.56. The number of nitrogens with zero attached hydrogens (tertiary/aromatic N) is 2. The molecule has 0 aliphatic carbocycles. The maximum atomic E-state index is 5.58. The van der Waals surface area contributed by atoms with Crippen LogP contribution in [-0.4, -0.2) is 40.8 Å². The van der Waals surface area contributed by atoms with Crippen molar-refractivity contribution in [1.82, 2.24) is 10.6 Å². The topological polar surface area (TPSA) is 57.2 Å². The maximum absolute atomic E-state index is 5.58. The first-order chi connectivity index (χ1) is 13.1. The molecule has 0 aliphatic heterocycles. The lowest BCUT2D eigenvalue weighted by Crippen LogP contribution is -2.37. The van der Waals surface area contributed by atoms with Crippen molar-refractivity contribution in [2.45, 2.75) is 19.5 Å². The molecule has 5 heteroatoms. The zero-order valence-corrected chi connectivity index (χ0v) is 16.8. The van der Waals surface area contributed by atoms with Crippen LogP contribution in [0, 0.1) is 0 Å². The molecular formula is C22H32N5+. The van der Waals surface area contributed by atoms with E-state index in [4.69, 9.17) is 5.73 Å². The fourth-order valence-electron chi connectivity index (χ4n) is 3.55. The molecular weight excluding hydrogens is 334 g/mol. The number of rotatable bonds is 9. The van der Waals surface area contributed by atoms with Gasteiger partial charge in [0.05, 0.1) is 0 Å². The van der Waals surface area contributed by atoms with E-state index in [2.05, 4.69) is 76.7 Å². The lowest BCUT2D eigenvalue weighted by molar-refractivity contribution is -0.645. The Kier molecular flexibility index (Phi) is 6.61. The third-order valence-electron chi connectivity index (χ3n) is 4.96. The highest BCUT2D eigenvalue weighted by atomic mass is 15.1. The van der Waals surface area contributed by atoms with Crippen molar-refractivity contribution in [3.63, 3.8) is 0 Å². The molecule has 0 amide bonds. The summed E-state index contributed by atoms with van der Waals surface area (Å²) in [6, 6.07) is 15.8. The summed E-state index contributed by atoms with van der Waals surface area (Å²) in [5.74, 6) is 0. The Bertz CT molecular complexity index is 904. The summed E-state index contributed by atoms with van der Waals surface area (Å²) in [6.07, 6.45) is 1.07. The number of fused-ring (bicyclic) bond motifs is 2. The van der Waals surface area contributed by atoms with Gasteiger partial charge in [0.15, 0.2) is 6.54 Å². The SMILES string of the molecule is CNCc1ccc2cc3ccc(N(C)C)cc3[n+](CCCNCCN)c2c1. The first-order valence-corrected chi connectivity index (χ1v) is 9.76. The van der Waals surface area contributed by atoms with Gasteiger partial charge in [-0.15, -0.1) is 0 Å². The molecule has 0 saturated heterocycles. The average Bonchev–Trinajstić information content (AvgIpc) is 2.67. The van der Waals surface area contributed by atoms with E-state index in [0.29, 0.717) is 6.54 Å². The van der Waals surface area contributed by atoms with Crippen LogP contribution in [0.1, 0.15) is 12.0 Å².